The largest absolute Gasteiger partial charge is 0.432 e. The van der Waals surface area contributed by atoms with Gasteiger partial charge in [0.05, 0.1) is 27.7 Å². The Morgan fingerprint density at radius 3 is 2.40 bits per heavy atom. The molecule has 0 aliphatic carbocycles. The van der Waals surface area contributed by atoms with Crippen molar-refractivity contribution in [2.75, 3.05) is 4.90 Å². The molecule has 0 saturated carbocycles. The maximum atomic E-state index is 12.4. The van der Waals surface area contributed by atoms with Crippen LogP contribution in [0.25, 0.3) is 0 Å². The van der Waals surface area contributed by atoms with Crippen LogP contribution >= 0.6 is 0 Å². The van der Waals surface area contributed by atoms with Crippen LogP contribution < -0.4 is 10.2 Å². The van der Waals surface area contributed by atoms with Gasteiger partial charge in [0.1, 0.15) is 6.26 Å². The minimum Gasteiger partial charge on any atom is -0.432 e. The van der Waals surface area contributed by atoms with Crippen molar-refractivity contribution in [1.82, 2.24) is 10.3 Å². The van der Waals surface area contributed by atoms with Crippen LogP contribution in [0.3, 0.4) is 0 Å². The highest BCUT2D eigenvalue weighted by Crippen LogP contribution is 2.28. The first-order valence-corrected chi connectivity index (χ1v) is 8.88. The summed E-state index contributed by atoms with van der Waals surface area (Å²) >= 11 is 0. The van der Waals surface area contributed by atoms with Gasteiger partial charge < -0.3 is 14.6 Å². The molecular formula is C19H15N5O6. The second kappa shape index (κ2) is 7.62. The third kappa shape index (κ3) is 3.81. The molecule has 0 fully saturated rings. The molecule has 0 atom stereocenters. The monoisotopic (exact) mass is 409 g/mol. The Morgan fingerprint density at radius 2 is 1.77 bits per heavy atom. The highest BCUT2D eigenvalue weighted by atomic mass is 16.6. The van der Waals surface area contributed by atoms with Gasteiger partial charge in [0, 0.05) is 31.8 Å². The van der Waals surface area contributed by atoms with Crippen molar-refractivity contribution >= 4 is 23.3 Å². The molecule has 152 valence electrons. The number of nitrogens with one attached hydrogen (secondary N) is 1. The van der Waals surface area contributed by atoms with Gasteiger partial charge >= 0.3 is 0 Å². The van der Waals surface area contributed by atoms with Gasteiger partial charge in [-0.2, -0.15) is 0 Å². The third-order valence-corrected chi connectivity index (χ3v) is 4.72. The van der Waals surface area contributed by atoms with Gasteiger partial charge in [-0.25, -0.2) is 4.98 Å². The van der Waals surface area contributed by atoms with E-state index in [1.54, 1.807) is 6.20 Å². The normalized spacial score (nSPS) is 12.5. The summed E-state index contributed by atoms with van der Waals surface area (Å²) in [4.78, 5) is 39.0. The fourth-order valence-electron chi connectivity index (χ4n) is 3.29. The molecule has 30 heavy (non-hydrogen) atoms. The van der Waals surface area contributed by atoms with E-state index in [4.69, 9.17) is 4.42 Å². The number of rotatable bonds is 6. The summed E-state index contributed by atoms with van der Waals surface area (Å²) in [5.41, 5.74) is 1.85. The predicted molar refractivity (Wildman–Crippen MR) is 104 cm³/mol. The van der Waals surface area contributed by atoms with Crippen molar-refractivity contribution < 1.29 is 19.1 Å². The van der Waals surface area contributed by atoms with Crippen LogP contribution in [0.2, 0.25) is 0 Å². The number of nitro benzene ring substituents is 2. The topological polar surface area (TPSA) is 145 Å². The first kappa shape index (κ1) is 19.1. The number of fused-ring (bicyclic) bond motifs is 1. The number of hydrogen-bond donors (Lipinski definition) is 1. The van der Waals surface area contributed by atoms with Crippen molar-refractivity contribution in [2.45, 2.75) is 19.6 Å². The van der Waals surface area contributed by atoms with E-state index < -0.39 is 27.1 Å². The molecular weight excluding hydrogens is 394 g/mol. The maximum absolute atomic E-state index is 12.4. The average Bonchev–Trinajstić information content (AvgIpc) is 3.40. The number of nitrogens with zero attached hydrogens (tertiary/aromatic N) is 4. The summed E-state index contributed by atoms with van der Waals surface area (Å²) in [6, 6.07) is 9.16. The molecule has 0 spiro atoms. The minimum absolute atomic E-state index is 0.146. The van der Waals surface area contributed by atoms with Crippen molar-refractivity contribution in [3.05, 3.63) is 91.3 Å². The standard InChI is InChI=1S/C19H15N5O6/c25-18(14-6-16(23(26)27)8-17(7-14)24(28)29)21-9-12-1-2-13-10-22(11-15(13)5-12)19-20-3-4-30-19/h1-8H,9-11H2,(H,21,25). The van der Waals surface area contributed by atoms with Crippen LogP contribution in [0.15, 0.2) is 53.3 Å². The molecule has 2 aromatic carbocycles. The third-order valence-electron chi connectivity index (χ3n) is 4.72. The second-order valence-corrected chi connectivity index (χ2v) is 6.71. The van der Waals surface area contributed by atoms with E-state index in [0.29, 0.717) is 19.1 Å². The van der Waals surface area contributed by atoms with Crippen LogP contribution in [0.4, 0.5) is 17.4 Å². The molecule has 1 amide bonds. The molecule has 0 unspecified atom stereocenters. The number of nitro groups is 2. The zero-order valence-electron chi connectivity index (χ0n) is 15.5. The van der Waals surface area contributed by atoms with Gasteiger partial charge in [-0.15, -0.1) is 0 Å². The van der Waals surface area contributed by atoms with E-state index >= 15 is 0 Å². The summed E-state index contributed by atoms with van der Waals surface area (Å²) < 4.78 is 5.32. The average molecular weight is 409 g/mol. The lowest BCUT2D eigenvalue weighted by Gasteiger charge is -2.10. The van der Waals surface area contributed by atoms with Gasteiger partial charge in [-0.3, -0.25) is 25.0 Å². The van der Waals surface area contributed by atoms with Gasteiger partial charge in [-0.1, -0.05) is 18.2 Å². The highest BCUT2D eigenvalue weighted by molar-refractivity contribution is 5.95. The van der Waals surface area contributed by atoms with E-state index in [0.717, 1.165) is 34.9 Å². The first-order chi connectivity index (χ1) is 14.4. The lowest BCUT2D eigenvalue weighted by Crippen LogP contribution is -2.23. The van der Waals surface area contributed by atoms with E-state index in [1.165, 1.54) is 6.26 Å². The molecule has 1 N–H and O–H groups in total. The second-order valence-electron chi connectivity index (χ2n) is 6.71. The summed E-state index contributed by atoms with van der Waals surface area (Å²) in [5, 5.41) is 24.6. The van der Waals surface area contributed by atoms with Crippen molar-refractivity contribution in [1.29, 1.82) is 0 Å². The van der Waals surface area contributed by atoms with E-state index in [2.05, 4.69) is 10.3 Å². The molecule has 0 bridgehead atoms. The van der Waals surface area contributed by atoms with E-state index in [-0.39, 0.29) is 12.1 Å². The Hall–Kier alpha value is -4.28. The molecule has 11 nitrogen and oxygen atoms in total. The van der Waals surface area contributed by atoms with E-state index in [1.807, 2.05) is 23.1 Å². The Kier molecular flexibility index (Phi) is 4.84. The molecule has 11 heteroatoms. The predicted octanol–water partition coefficient (Wildman–Crippen LogP) is 2.94. The number of benzene rings is 2. The Bertz CT molecular complexity index is 1110. The quantitative estimate of drug-likeness (QED) is 0.483. The van der Waals surface area contributed by atoms with Crippen LogP contribution in [0, 0.1) is 20.2 Å². The smallest absolute Gasteiger partial charge is 0.297 e. The fourth-order valence-corrected chi connectivity index (χ4v) is 3.29. The van der Waals surface area contributed by atoms with Gasteiger partial charge in [0.15, 0.2) is 0 Å². The molecule has 0 saturated heterocycles. The number of non-ortho nitro benzene ring substituents is 2. The number of aromatic nitrogens is 1. The number of anilines is 1. The van der Waals surface area contributed by atoms with Crippen molar-refractivity contribution in [3.63, 3.8) is 0 Å². The number of carbonyl (C=O) groups excluding carboxylic acids is 1. The van der Waals surface area contributed by atoms with E-state index in [9.17, 15) is 25.0 Å². The summed E-state index contributed by atoms with van der Waals surface area (Å²) in [6.07, 6.45) is 3.09. The van der Waals surface area contributed by atoms with Crippen molar-refractivity contribution in [3.8, 4) is 0 Å². The molecule has 4 rings (SSSR count). The molecule has 1 aromatic heterocycles. The Morgan fingerprint density at radius 1 is 1.07 bits per heavy atom. The maximum Gasteiger partial charge on any atom is 0.297 e. The number of amides is 1. The highest BCUT2D eigenvalue weighted by Gasteiger charge is 2.23. The SMILES string of the molecule is O=C(NCc1ccc2c(c1)CN(c1ncco1)C2)c1cc([N+](=O)[O-])cc([N+](=O)[O-])c1. The van der Waals surface area contributed by atoms with Crippen LogP contribution in [0.1, 0.15) is 27.0 Å². The lowest BCUT2D eigenvalue weighted by atomic mass is 10.1. The molecule has 2 heterocycles. The molecule has 3 aromatic rings. The van der Waals surface area contributed by atoms with Crippen molar-refractivity contribution in [2.24, 2.45) is 0 Å². The first-order valence-electron chi connectivity index (χ1n) is 8.88. The molecule has 0 radical (unpaired) electrons. The van der Waals surface area contributed by atoms with Gasteiger partial charge in [0.25, 0.3) is 23.3 Å². The number of oxazole rings is 1. The zero-order chi connectivity index (χ0) is 21.3. The van der Waals surface area contributed by atoms with Gasteiger partial charge in [-0.05, 0) is 16.7 Å². The van der Waals surface area contributed by atoms with Crippen LogP contribution in [-0.2, 0) is 19.6 Å². The number of carbonyl (C=O) groups is 1. The zero-order valence-corrected chi connectivity index (χ0v) is 15.5. The summed E-state index contributed by atoms with van der Waals surface area (Å²) in [7, 11) is 0. The fraction of sp³-hybridized carbons (Fsp3) is 0.158. The molecule has 1 aliphatic rings. The molecule has 1 aliphatic heterocycles. The van der Waals surface area contributed by atoms with Crippen LogP contribution in [-0.4, -0.2) is 20.7 Å². The number of hydrogen-bond acceptors (Lipinski definition) is 8. The Balaban J connectivity index is 1.46. The summed E-state index contributed by atoms with van der Waals surface area (Å²) in [6.45, 7) is 1.45. The minimum atomic E-state index is -0.774. The van der Waals surface area contributed by atoms with Crippen LogP contribution in [0.5, 0.6) is 0 Å². The Labute approximate surface area is 169 Å². The summed E-state index contributed by atoms with van der Waals surface area (Å²) in [5.74, 6) is -0.635. The lowest BCUT2D eigenvalue weighted by molar-refractivity contribution is -0.394. The van der Waals surface area contributed by atoms with Gasteiger partial charge in [0.2, 0.25) is 0 Å².